The van der Waals surface area contributed by atoms with Gasteiger partial charge in [-0.3, -0.25) is 10.1 Å². The Morgan fingerprint density at radius 3 is 2.78 bits per heavy atom. The maximum atomic E-state index is 11.4. The van der Waals surface area contributed by atoms with Crippen LogP contribution in [0.1, 0.15) is 10.6 Å². The van der Waals surface area contributed by atoms with E-state index in [0.717, 1.165) is 12.1 Å². The number of carbonyl (C=O) groups is 1. The van der Waals surface area contributed by atoms with E-state index in [0.29, 0.717) is 6.54 Å². The number of hydrogen-bond donors (Lipinski definition) is 1. The van der Waals surface area contributed by atoms with Crippen LogP contribution in [0.25, 0.3) is 0 Å². The largest absolute Gasteiger partial charge is 0.433 e. The molecule has 0 atom stereocenters. The number of carbonyl (C=O) groups excluding carboxylic acids is 1. The highest BCUT2D eigenvalue weighted by atomic mass is 16.7. The van der Waals surface area contributed by atoms with E-state index >= 15 is 0 Å². The molecule has 1 aromatic heterocycles. The highest BCUT2D eigenvalue weighted by Gasteiger charge is 2.18. The zero-order chi connectivity index (χ0) is 13.7. The molecule has 18 heavy (non-hydrogen) atoms. The Labute approximate surface area is 102 Å². The number of nitro groups is 1. The van der Waals surface area contributed by atoms with Crippen molar-refractivity contribution in [1.29, 1.82) is 0 Å². The lowest BCUT2D eigenvalue weighted by Gasteiger charge is -2.06. The molecule has 0 fully saturated rings. The lowest BCUT2D eigenvalue weighted by atomic mass is 10.5. The van der Waals surface area contributed by atoms with Crippen molar-refractivity contribution < 1.29 is 19.0 Å². The van der Waals surface area contributed by atoms with Gasteiger partial charge in [-0.25, -0.2) is 4.79 Å². The van der Waals surface area contributed by atoms with Crippen LogP contribution in [0.2, 0.25) is 0 Å². The van der Waals surface area contributed by atoms with Gasteiger partial charge in [0.05, 0.1) is 12.6 Å². The van der Waals surface area contributed by atoms with Crippen molar-refractivity contribution in [3.05, 3.63) is 28.0 Å². The monoisotopic (exact) mass is 256 g/mol. The molecule has 0 bridgehead atoms. The molecular formula is C9H12N4O5. The average Bonchev–Trinajstić information content (AvgIpc) is 2.74. The molecule has 0 saturated carbocycles. The van der Waals surface area contributed by atoms with Crippen LogP contribution < -0.4 is 5.73 Å². The Morgan fingerprint density at radius 2 is 2.28 bits per heavy atom. The Hall–Kier alpha value is -2.42. The second kappa shape index (κ2) is 5.77. The summed E-state index contributed by atoms with van der Waals surface area (Å²) in [6.45, 7) is 0.311. The molecular weight excluding hydrogens is 244 g/mol. The van der Waals surface area contributed by atoms with Crippen molar-refractivity contribution in [2.75, 3.05) is 20.6 Å². The van der Waals surface area contributed by atoms with E-state index in [9.17, 15) is 14.9 Å². The van der Waals surface area contributed by atoms with Gasteiger partial charge in [0.2, 0.25) is 5.76 Å². The van der Waals surface area contributed by atoms with Crippen LogP contribution in [0, 0.1) is 10.1 Å². The number of amidine groups is 1. The van der Waals surface area contributed by atoms with Gasteiger partial charge < -0.3 is 19.9 Å². The first kappa shape index (κ1) is 13.6. The van der Waals surface area contributed by atoms with E-state index in [1.54, 1.807) is 19.0 Å². The molecule has 0 aliphatic rings. The van der Waals surface area contributed by atoms with E-state index in [1.165, 1.54) is 0 Å². The third-order valence-corrected chi connectivity index (χ3v) is 1.70. The van der Waals surface area contributed by atoms with Gasteiger partial charge in [0.1, 0.15) is 4.92 Å². The van der Waals surface area contributed by atoms with Crippen molar-refractivity contribution in [3.8, 4) is 0 Å². The number of oxime groups is 1. The third-order valence-electron chi connectivity index (χ3n) is 1.70. The number of nitrogens with zero attached hydrogens (tertiary/aromatic N) is 3. The van der Waals surface area contributed by atoms with Crippen LogP contribution >= 0.6 is 0 Å². The number of furan rings is 1. The number of nitrogens with two attached hydrogens (primary N) is 1. The van der Waals surface area contributed by atoms with E-state index < -0.39 is 16.8 Å². The van der Waals surface area contributed by atoms with Gasteiger partial charge in [0, 0.05) is 0 Å². The van der Waals surface area contributed by atoms with Crippen molar-refractivity contribution in [2.24, 2.45) is 10.9 Å². The second-order valence-corrected chi connectivity index (χ2v) is 3.59. The zero-order valence-electron chi connectivity index (χ0n) is 9.82. The molecule has 1 aromatic rings. The summed E-state index contributed by atoms with van der Waals surface area (Å²) >= 11 is 0. The van der Waals surface area contributed by atoms with Crippen LogP contribution in [-0.4, -0.2) is 42.3 Å². The predicted octanol–water partition coefficient (Wildman–Crippen LogP) is 0.178. The maximum absolute atomic E-state index is 11.4. The average molecular weight is 256 g/mol. The molecule has 0 aliphatic heterocycles. The van der Waals surface area contributed by atoms with Gasteiger partial charge >= 0.3 is 11.9 Å². The summed E-state index contributed by atoms with van der Waals surface area (Å²) in [5, 5.41) is 13.7. The minimum atomic E-state index is -0.954. The fraction of sp³-hybridized carbons (Fsp3) is 0.333. The minimum absolute atomic E-state index is 0.0920. The van der Waals surface area contributed by atoms with Gasteiger partial charge in [-0.1, -0.05) is 5.16 Å². The highest BCUT2D eigenvalue weighted by Crippen LogP contribution is 2.16. The van der Waals surface area contributed by atoms with Crippen LogP contribution in [0.15, 0.2) is 21.7 Å². The maximum Gasteiger partial charge on any atom is 0.433 e. The Balaban J connectivity index is 2.62. The summed E-state index contributed by atoms with van der Waals surface area (Å²) in [6, 6.07) is 2.17. The van der Waals surface area contributed by atoms with Crippen molar-refractivity contribution >= 4 is 17.7 Å². The standard InChI is InChI=1S/C9H12N4O5/c1-12(2)5-7(10)11-18-9(14)6-3-4-8(17-6)13(15)16/h3-4H,5H2,1-2H3,(H2,10,11). The van der Waals surface area contributed by atoms with Crippen molar-refractivity contribution in [3.63, 3.8) is 0 Å². The Kier molecular flexibility index (Phi) is 4.38. The smallest absolute Gasteiger partial charge is 0.393 e. The summed E-state index contributed by atoms with van der Waals surface area (Å²) in [7, 11) is 3.53. The molecule has 9 heteroatoms. The second-order valence-electron chi connectivity index (χ2n) is 3.59. The zero-order valence-corrected chi connectivity index (χ0v) is 9.82. The molecule has 0 radical (unpaired) electrons. The third kappa shape index (κ3) is 3.87. The topological polar surface area (TPSA) is 124 Å². The van der Waals surface area contributed by atoms with Gasteiger partial charge in [-0.2, -0.15) is 0 Å². The van der Waals surface area contributed by atoms with Crippen LogP contribution in [0.5, 0.6) is 0 Å². The van der Waals surface area contributed by atoms with E-state index in [-0.39, 0.29) is 11.6 Å². The molecule has 0 unspecified atom stereocenters. The quantitative estimate of drug-likeness (QED) is 0.262. The molecule has 0 aliphatic carbocycles. The normalized spacial score (nSPS) is 11.6. The number of likely N-dealkylation sites (N-methyl/N-ethyl adjacent to an activating group) is 1. The SMILES string of the molecule is CN(C)C/C(N)=N/OC(=O)c1ccc([N+](=O)[O-])o1. The first-order valence-corrected chi connectivity index (χ1v) is 4.82. The summed E-state index contributed by atoms with van der Waals surface area (Å²) in [5.41, 5.74) is 5.45. The van der Waals surface area contributed by atoms with E-state index in [1.807, 2.05) is 0 Å². The van der Waals surface area contributed by atoms with Crippen molar-refractivity contribution in [2.45, 2.75) is 0 Å². The van der Waals surface area contributed by atoms with Crippen LogP contribution in [0.3, 0.4) is 0 Å². The molecule has 0 aromatic carbocycles. The molecule has 1 rings (SSSR count). The molecule has 2 N–H and O–H groups in total. The van der Waals surface area contributed by atoms with Gasteiger partial charge in [0.15, 0.2) is 5.84 Å². The highest BCUT2D eigenvalue weighted by molar-refractivity contribution is 5.88. The molecule has 98 valence electrons. The lowest BCUT2D eigenvalue weighted by molar-refractivity contribution is -0.402. The van der Waals surface area contributed by atoms with Crippen molar-refractivity contribution in [1.82, 2.24) is 4.90 Å². The predicted molar refractivity (Wildman–Crippen MR) is 61.0 cm³/mol. The van der Waals surface area contributed by atoms with E-state index in [4.69, 9.17) is 5.73 Å². The number of rotatable bonds is 5. The fourth-order valence-corrected chi connectivity index (χ4v) is 1.03. The first-order valence-electron chi connectivity index (χ1n) is 4.82. The number of hydrogen-bond acceptors (Lipinski definition) is 7. The molecule has 0 spiro atoms. The minimum Gasteiger partial charge on any atom is -0.393 e. The van der Waals surface area contributed by atoms with Gasteiger partial charge in [-0.05, 0) is 20.2 Å². The Bertz CT molecular complexity index is 479. The summed E-state index contributed by atoms with van der Waals surface area (Å²) in [4.78, 5) is 27.1. The molecule has 0 saturated heterocycles. The van der Waals surface area contributed by atoms with Gasteiger partial charge in [-0.15, -0.1) is 0 Å². The molecule has 1 heterocycles. The Morgan fingerprint density at radius 1 is 1.61 bits per heavy atom. The van der Waals surface area contributed by atoms with Crippen LogP contribution in [0.4, 0.5) is 5.88 Å². The van der Waals surface area contributed by atoms with E-state index in [2.05, 4.69) is 14.4 Å². The lowest BCUT2D eigenvalue weighted by Crippen LogP contribution is -2.28. The first-order chi connectivity index (χ1) is 8.40. The molecule has 0 amide bonds. The summed E-state index contributed by atoms with van der Waals surface area (Å²) in [6.07, 6.45) is 0. The van der Waals surface area contributed by atoms with Gasteiger partial charge in [0.25, 0.3) is 0 Å². The summed E-state index contributed by atoms with van der Waals surface area (Å²) < 4.78 is 4.63. The summed E-state index contributed by atoms with van der Waals surface area (Å²) in [5.74, 6) is -1.73. The van der Waals surface area contributed by atoms with Crippen LogP contribution in [-0.2, 0) is 4.84 Å². The fourth-order valence-electron chi connectivity index (χ4n) is 1.03. The molecule has 9 nitrogen and oxygen atoms in total.